The van der Waals surface area contributed by atoms with Crippen molar-refractivity contribution in [2.45, 2.75) is 19.9 Å². The zero-order chi connectivity index (χ0) is 13.4. The fourth-order valence-electron chi connectivity index (χ4n) is 2.37. The molecule has 1 fully saturated rings. The lowest BCUT2D eigenvalue weighted by Gasteiger charge is -2.35. The van der Waals surface area contributed by atoms with Crippen LogP contribution in [0.25, 0.3) is 11.0 Å². The molecular formula is C13H15AlN4O. The molecule has 0 unspecified atom stereocenters. The van der Waals surface area contributed by atoms with E-state index in [9.17, 15) is 0 Å². The Morgan fingerprint density at radius 2 is 2.16 bits per heavy atom. The molecule has 3 heterocycles. The minimum absolute atomic E-state index is 0.317. The normalized spacial score (nSPS) is 19.9. The third-order valence-corrected chi connectivity index (χ3v) is 3.59. The lowest BCUT2D eigenvalue weighted by molar-refractivity contribution is 0.0987. The van der Waals surface area contributed by atoms with Crippen molar-refractivity contribution in [3.63, 3.8) is 0 Å². The summed E-state index contributed by atoms with van der Waals surface area (Å²) >= 11 is 2.56. The number of nitrogens with zero attached hydrogens (tertiary/aromatic N) is 4. The molecule has 1 aliphatic heterocycles. The van der Waals surface area contributed by atoms with Crippen molar-refractivity contribution < 1.29 is 4.74 Å². The first-order valence-electron chi connectivity index (χ1n) is 6.40. The number of hydrogen-bond acceptors (Lipinski definition) is 5. The third kappa shape index (κ3) is 2.44. The van der Waals surface area contributed by atoms with Crippen molar-refractivity contribution >= 4 is 37.8 Å². The Labute approximate surface area is 120 Å². The number of morpholine rings is 1. The van der Waals surface area contributed by atoms with Crippen LogP contribution < -0.4 is 9.59 Å². The van der Waals surface area contributed by atoms with Crippen LogP contribution >= 0.6 is 0 Å². The molecule has 0 bridgehead atoms. The molecule has 0 aliphatic carbocycles. The Morgan fingerprint density at radius 3 is 2.95 bits per heavy atom. The van der Waals surface area contributed by atoms with Crippen LogP contribution in [0, 0.1) is 6.92 Å². The second-order valence-corrected chi connectivity index (χ2v) is 5.36. The summed E-state index contributed by atoms with van der Waals surface area (Å²) in [6.45, 7) is 6.45. The van der Waals surface area contributed by atoms with E-state index in [-0.39, 0.29) is 0 Å². The van der Waals surface area contributed by atoms with E-state index < -0.39 is 0 Å². The van der Waals surface area contributed by atoms with E-state index in [0.29, 0.717) is 10.7 Å². The van der Waals surface area contributed by atoms with Gasteiger partial charge in [-0.25, -0.2) is 15.0 Å². The van der Waals surface area contributed by atoms with Gasteiger partial charge in [0, 0.05) is 16.9 Å². The number of rotatable bonds is 1. The standard InChI is InChI=1S/C13H15N4O.Al/c1-9-3-4-11-12(16-9)14-8-15-13(11)17-5-6-18-7-10(17)2;/h3-4,10H,5-7H2,1-2H3;/t10-;/m0./s1. The van der Waals surface area contributed by atoms with Crippen LogP contribution in [0.5, 0.6) is 0 Å². The average molecular weight is 270 g/mol. The molecule has 3 rings (SSSR count). The second-order valence-electron chi connectivity index (χ2n) is 4.85. The van der Waals surface area contributed by atoms with E-state index >= 15 is 0 Å². The monoisotopic (exact) mass is 270 g/mol. The molecule has 0 spiro atoms. The Balaban J connectivity index is 2.16. The topological polar surface area (TPSA) is 51.1 Å². The highest BCUT2D eigenvalue weighted by atomic mass is 27.0. The van der Waals surface area contributed by atoms with Gasteiger partial charge in [-0.05, 0) is 26.0 Å². The van der Waals surface area contributed by atoms with Crippen LogP contribution in [0.4, 0.5) is 5.82 Å². The van der Waals surface area contributed by atoms with Gasteiger partial charge in [0.25, 0.3) is 0 Å². The van der Waals surface area contributed by atoms with Crippen molar-refractivity contribution in [3.8, 4) is 0 Å². The molecule has 5 nitrogen and oxygen atoms in total. The van der Waals surface area contributed by atoms with Crippen LogP contribution in [-0.2, 0) is 4.74 Å². The van der Waals surface area contributed by atoms with Gasteiger partial charge < -0.3 is 9.64 Å². The number of fused-ring (bicyclic) bond motifs is 1. The molecule has 0 amide bonds. The summed E-state index contributed by atoms with van der Waals surface area (Å²) in [5.41, 5.74) is 1.73. The van der Waals surface area contributed by atoms with E-state index in [0.717, 1.165) is 42.3 Å². The third-order valence-electron chi connectivity index (χ3n) is 3.34. The van der Waals surface area contributed by atoms with Crippen molar-refractivity contribution in [1.82, 2.24) is 15.0 Å². The van der Waals surface area contributed by atoms with E-state index in [2.05, 4.69) is 49.1 Å². The summed E-state index contributed by atoms with van der Waals surface area (Å²) in [6, 6.07) is 4.37. The molecule has 1 atom stereocenters. The van der Waals surface area contributed by atoms with Gasteiger partial charge in [-0.1, -0.05) is 0 Å². The fourth-order valence-corrected chi connectivity index (χ4v) is 2.61. The Bertz CT molecular complexity index is 614. The van der Waals surface area contributed by atoms with Gasteiger partial charge in [-0.3, -0.25) is 0 Å². The van der Waals surface area contributed by atoms with Gasteiger partial charge in [-0.15, -0.1) is 0 Å². The molecular weight excluding hydrogens is 255 g/mol. The number of ether oxygens (including phenoxy) is 1. The summed E-state index contributed by atoms with van der Waals surface area (Å²) in [5, 5.41) is 1.01. The lowest BCUT2D eigenvalue weighted by atomic mass is 10.2. The number of anilines is 1. The summed E-state index contributed by atoms with van der Waals surface area (Å²) in [6.07, 6.45) is 0. The lowest BCUT2D eigenvalue weighted by Crippen LogP contribution is -2.45. The van der Waals surface area contributed by atoms with Gasteiger partial charge in [0.15, 0.2) is 5.65 Å². The summed E-state index contributed by atoms with van der Waals surface area (Å²) in [7, 11) is 0. The molecule has 0 N–H and O–H groups in total. The predicted octanol–water partition coefficient (Wildman–Crippen LogP) is 0.352. The van der Waals surface area contributed by atoms with Gasteiger partial charge in [0.1, 0.15) is 5.82 Å². The van der Waals surface area contributed by atoms with Crippen LogP contribution in [0.3, 0.4) is 0 Å². The Kier molecular flexibility index (Phi) is 3.40. The van der Waals surface area contributed by atoms with E-state index in [1.807, 2.05) is 13.0 Å². The predicted molar refractivity (Wildman–Crippen MR) is 75.1 cm³/mol. The summed E-state index contributed by atoms with van der Waals surface area (Å²) in [5.74, 6) is 0.957. The smallest absolute Gasteiger partial charge is 0.244 e. The van der Waals surface area contributed by atoms with Gasteiger partial charge >= 0.3 is 0 Å². The number of aryl methyl sites for hydroxylation is 1. The van der Waals surface area contributed by atoms with Crippen molar-refractivity contribution in [2.75, 3.05) is 24.7 Å². The zero-order valence-corrected chi connectivity index (χ0v) is 12.3. The average Bonchev–Trinajstić information content (AvgIpc) is 2.38. The van der Waals surface area contributed by atoms with Crippen LogP contribution in [0.15, 0.2) is 12.1 Å². The maximum absolute atomic E-state index is 5.49. The zero-order valence-electron chi connectivity index (χ0n) is 11.1. The van der Waals surface area contributed by atoms with Gasteiger partial charge in [0.2, 0.25) is 16.3 Å². The van der Waals surface area contributed by atoms with Crippen LogP contribution in [0.1, 0.15) is 12.6 Å². The van der Waals surface area contributed by atoms with Crippen molar-refractivity contribution in [3.05, 3.63) is 17.8 Å². The molecule has 1 saturated heterocycles. The number of hydrogen-bond donors (Lipinski definition) is 0. The highest BCUT2D eigenvalue weighted by Gasteiger charge is 2.22. The summed E-state index contributed by atoms with van der Waals surface area (Å²) in [4.78, 5) is 15.8. The minimum atomic E-state index is 0.317. The highest BCUT2D eigenvalue weighted by molar-refractivity contribution is 6.29. The fraction of sp³-hybridized carbons (Fsp3) is 0.462. The molecule has 96 valence electrons. The van der Waals surface area contributed by atoms with Crippen molar-refractivity contribution in [1.29, 1.82) is 0 Å². The largest absolute Gasteiger partial charge is 0.377 e. The maximum Gasteiger partial charge on any atom is 0.244 e. The first-order chi connectivity index (χ1) is 9.15. The molecule has 0 aromatic carbocycles. The van der Waals surface area contributed by atoms with Crippen LogP contribution in [-0.4, -0.2) is 57.0 Å². The number of aromatic nitrogens is 3. The minimum Gasteiger partial charge on any atom is -0.377 e. The summed E-state index contributed by atoms with van der Waals surface area (Å²) < 4.78 is 6.17. The van der Waals surface area contributed by atoms with Gasteiger partial charge in [0.05, 0.1) is 24.6 Å². The molecule has 2 aromatic rings. The molecule has 1 aliphatic rings. The van der Waals surface area contributed by atoms with E-state index in [1.54, 1.807) is 0 Å². The number of pyridine rings is 1. The highest BCUT2D eigenvalue weighted by Crippen LogP contribution is 2.24. The molecule has 19 heavy (non-hydrogen) atoms. The SMILES string of the molecule is Cc1ccc2c(N3CCOC[C@@H]3C)n[c]([Al])nc2n1. The molecule has 2 aromatic heterocycles. The van der Waals surface area contributed by atoms with Crippen molar-refractivity contribution in [2.24, 2.45) is 0 Å². The van der Waals surface area contributed by atoms with E-state index in [4.69, 9.17) is 4.74 Å². The molecule has 0 saturated carbocycles. The van der Waals surface area contributed by atoms with Crippen LogP contribution in [0.2, 0.25) is 0 Å². The van der Waals surface area contributed by atoms with E-state index in [1.165, 1.54) is 0 Å². The Hall–Kier alpha value is -1.22. The molecule has 2 radical (unpaired) electrons. The maximum atomic E-state index is 5.49. The van der Waals surface area contributed by atoms with Gasteiger partial charge in [-0.2, -0.15) is 0 Å². The Morgan fingerprint density at radius 1 is 1.32 bits per heavy atom. The quantitative estimate of drug-likeness (QED) is 0.700. The second kappa shape index (κ2) is 5.05. The first-order valence-corrected chi connectivity index (χ1v) is 6.98. The first kappa shape index (κ1) is 12.8. The molecule has 6 heteroatoms.